The molecule has 0 radical (unpaired) electrons. The van der Waals surface area contributed by atoms with Crippen LogP contribution in [0.1, 0.15) is 18.4 Å². The number of thioether (sulfide) groups is 1. The van der Waals surface area contributed by atoms with Crippen molar-refractivity contribution >= 4 is 17.7 Å². The smallest absolute Gasteiger partial charge is 0.328 e. The molecule has 22 heavy (non-hydrogen) atoms. The number of carbonyl (C=O) groups is 1. The Hall–Kier alpha value is -1.80. The zero-order chi connectivity index (χ0) is 16.4. The summed E-state index contributed by atoms with van der Waals surface area (Å²) in [5.41, 5.74) is 6.71. The van der Waals surface area contributed by atoms with Crippen molar-refractivity contribution in [3.8, 4) is 5.75 Å². The fourth-order valence-electron chi connectivity index (χ4n) is 1.69. The van der Waals surface area contributed by atoms with E-state index in [0.29, 0.717) is 25.0 Å². The molecule has 8 heteroatoms. The lowest BCUT2D eigenvalue weighted by Crippen LogP contribution is -2.34. The van der Waals surface area contributed by atoms with Crippen molar-refractivity contribution in [2.24, 2.45) is 5.73 Å². The Bertz CT molecular complexity index is 481. The predicted molar refractivity (Wildman–Crippen MR) is 84.3 cm³/mol. The average Bonchev–Trinajstić information content (AvgIpc) is 2.50. The van der Waals surface area contributed by atoms with E-state index in [1.165, 1.54) is 0 Å². The topological polar surface area (TPSA) is 105 Å². The molecule has 2 N–H and O–H groups in total. The Morgan fingerprint density at radius 3 is 2.68 bits per heavy atom. The van der Waals surface area contributed by atoms with Crippen LogP contribution in [0.2, 0.25) is 0 Å². The van der Waals surface area contributed by atoms with Crippen LogP contribution >= 0.6 is 11.8 Å². The molecule has 0 aliphatic heterocycles. The standard InChI is InChI=1S/C14H20N2O5S/c1-22-10-8-13(15)14(17)21-12-6-4-11(5-7-12)3-2-9-20-16(18)19/h4-7,13H,2-3,8-10,15H2,1H3. The maximum Gasteiger partial charge on any atom is 0.328 e. The van der Waals surface area contributed by atoms with Gasteiger partial charge in [-0.3, -0.25) is 0 Å². The Morgan fingerprint density at radius 1 is 1.41 bits per heavy atom. The SMILES string of the molecule is CSCCC(N)C(=O)Oc1ccc(CCCO[N+](=O)[O-])cc1. The Kier molecular flexibility index (Phi) is 8.31. The fourth-order valence-corrected chi connectivity index (χ4v) is 2.18. The van der Waals surface area contributed by atoms with E-state index in [1.54, 1.807) is 23.9 Å². The Balaban J connectivity index is 2.37. The lowest BCUT2D eigenvalue weighted by molar-refractivity contribution is -0.757. The summed E-state index contributed by atoms with van der Waals surface area (Å²) in [5, 5.41) is 9.20. The zero-order valence-electron chi connectivity index (χ0n) is 12.4. The van der Waals surface area contributed by atoms with Crippen molar-refractivity contribution in [3.05, 3.63) is 39.9 Å². The Labute approximate surface area is 133 Å². The van der Waals surface area contributed by atoms with Crippen molar-refractivity contribution in [2.75, 3.05) is 18.6 Å². The van der Waals surface area contributed by atoms with Gasteiger partial charge in [0.15, 0.2) is 0 Å². The van der Waals surface area contributed by atoms with Gasteiger partial charge in [-0.15, -0.1) is 10.1 Å². The molecule has 0 saturated carbocycles. The van der Waals surface area contributed by atoms with Crippen molar-refractivity contribution < 1.29 is 19.5 Å². The number of hydrogen-bond donors (Lipinski definition) is 1. The van der Waals surface area contributed by atoms with E-state index in [9.17, 15) is 14.9 Å². The van der Waals surface area contributed by atoms with Crippen LogP contribution in [-0.4, -0.2) is 35.7 Å². The summed E-state index contributed by atoms with van der Waals surface area (Å²) >= 11 is 1.63. The highest BCUT2D eigenvalue weighted by atomic mass is 32.2. The van der Waals surface area contributed by atoms with E-state index in [4.69, 9.17) is 10.5 Å². The number of ether oxygens (including phenoxy) is 1. The third-order valence-electron chi connectivity index (χ3n) is 2.88. The lowest BCUT2D eigenvalue weighted by atomic mass is 10.1. The molecule has 1 aromatic carbocycles. The largest absolute Gasteiger partial charge is 0.425 e. The number of carbonyl (C=O) groups excluding carboxylic acids is 1. The molecule has 122 valence electrons. The first kappa shape index (κ1) is 18.2. The third-order valence-corrected chi connectivity index (χ3v) is 3.53. The molecule has 7 nitrogen and oxygen atoms in total. The Morgan fingerprint density at radius 2 is 2.09 bits per heavy atom. The minimum Gasteiger partial charge on any atom is -0.425 e. The predicted octanol–water partition coefficient (Wildman–Crippen LogP) is 1.81. The van der Waals surface area contributed by atoms with Crippen molar-refractivity contribution in [1.29, 1.82) is 0 Å². The molecule has 0 heterocycles. The van der Waals surface area contributed by atoms with Crippen LogP contribution in [0.3, 0.4) is 0 Å². The van der Waals surface area contributed by atoms with Crippen molar-refractivity contribution in [2.45, 2.75) is 25.3 Å². The van der Waals surface area contributed by atoms with Gasteiger partial charge >= 0.3 is 5.97 Å². The van der Waals surface area contributed by atoms with Crippen LogP contribution in [0.15, 0.2) is 24.3 Å². The molecule has 1 aromatic rings. The second-order valence-electron chi connectivity index (χ2n) is 4.61. The highest BCUT2D eigenvalue weighted by Gasteiger charge is 2.15. The van der Waals surface area contributed by atoms with E-state index in [2.05, 4.69) is 4.84 Å². The number of rotatable bonds is 10. The quantitative estimate of drug-likeness (QED) is 0.229. The summed E-state index contributed by atoms with van der Waals surface area (Å²) in [6, 6.07) is 6.36. The maximum absolute atomic E-state index is 11.7. The molecule has 0 aliphatic rings. The summed E-state index contributed by atoms with van der Waals surface area (Å²) in [5.74, 6) is 0.803. The highest BCUT2D eigenvalue weighted by molar-refractivity contribution is 7.98. The first-order valence-electron chi connectivity index (χ1n) is 6.85. The van der Waals surface area contributed by atoms with Gasteiger partial charge in [-0.2, -0.15) is 11.8 Å². The number of hydrogen-bond acceptors (Lipinski definition) is 7. The second kappa shape index (κ2) is 10.0. The fraction of sp³-hybridized carbons (Fsp3) is 0.500. The summed E-state index contributed by atoms with van der Waals surface area (Å²) in [6.45, 7) is 0.0635. The minimum absolute atomic E-state index is 0.0635. The van der Waals surface area contributed by atoms with Crippen LogP contribution in [0, 0.1) is 10.1 Å². The molecule has 0 aliphatic carbocycles. The zero-order valence-corrected chi connectivity index (χ0v) is 13.2. The number of aryl methyl sites for hydroxylation is 1. The van der Waals surface area contributed by atoms with Crippen molar-refractivity contribution in [3.63, 3.8) is 0 Å². The minimum atomic E-state index is -0.803. The summed E-state index contributed by atoms with van der Waals surface area (Å²) in [4.78, 5) is 26.0. The van der Waals surface area contributed by atoms with Gasteiger partial charge in [0.25, 0.3) is 5.09 Å². The number of nitrogens with two attached hydrogens (primary N) is 1. The molecule has 0 saturated heterocycles. The monoisotopic (exact) mass is 328 g/mol. The van der Waals surface area contributed by atoms with Gasteiger partial charge in [0, 0.05) is 0 Å². The maximum atomic E-state index is 11.7. The van der Waals surface area contributed by atoms with Gasteiger partial charge in [-0.25, -0.2) is 4.79 Å². The van der Waals surface area contributed by atoms with Gasteiger partial charge in [-0.1, -0.05) is 12.1 Å². The van der Waals surface area contributed by atoms with E-state index < -0.39 is 17.1 Å². The molecule has 1 atom stereocenters. The number of benzene rings is 1. The first-order chi connectivity index (χ1) is 10.5. The molecule has 1 rings (SSSR count). The molecule has 0 aromatic heterocycles. The van der Waals surface area contributed by atoms with E-state index in [-0.39, 0.29) is 6.61 Å². The van der Waals surface area contributed by atoms with Crippen LogP contribution in [0.25, 0.3) is 0 Å². The number of esters is 1. The summed E-state index contributed by atoms with van der Waals surface area (Å²) < 4.78 is 5.20. The molecular weight excluding hydrogens is 308 g/mol. The average molecular weight is 328 g/mol. The van der Waals surface area contributed by atoms with Gasteiger partial charge < -0.3 is 15.3 Å². The van der Waals surface area contributed by atoms with Crippen LogP contribution in [0.4, 0.5) is 0 Å². The van der Waals surface area contributed by atoms with Crippen molar-refractivity contribution in [1.82, 2.24) is 0 Å². The molecular formula is C14H20N2O5S. The van der Waals surface area contributed by atoms with Gasteiger partial charge in [0.2, 0.25) is 0 Å². The lowest BCUT2D eigenvalue weighted by Gasteiger charge is -2.11. The third kappa shape index (κ3) is 7.28. The van der Waals surface area contributed by atoms with E-state index >= 15 is 0 Å². The first-order valence-corrected chi connectivity index (χ1v) is 8.24. The van der Waals surface area contributed by atoms with E-state index in [1.807, 2.05) is 18.4 Å². The molecule has 0 bridgehead atoms. The van der Waals surface area contributed by atoms with Crippen LogP contribution in [0.5, 0.6) is 5.75 Å². The normalized spacial score (nSPS) is 11.7. The molecule has 0 spiro atoms. The van der Waals surface area contributed by atoms with Gasteiger partial charge in [-0.05, 0) is 49.0 Å². The summed E-state index contributed by atoms with van der Waals surface area (Å²) in [6.07, 6.45) is 3.72. The van der Waals surface area contributed by atoms with E-state index in [0.717, 1.165) is 11.3 Å². The number of nitrogens with zero attached hydrogens (tertiary/aromatic N) is 1. The summed E-state index contributed by atoms with van der Waals surface area (Å²) in [7, 11) is 0. The van der Waals surface area contributed by atoms with Gasteiger partial charge in [0.1, 0.15) is 11.8 Å². The second-order valence-corrected chi connectivity index (χ2v) is 5.60. The molecule has 1 unspecified atom stereocenters. The van der Waals surface area contributed by atoms with Crippen LogP contribution in [-0.2, 0) is 16.1 Å². The molecule has 0 fully saturated rings. The van der Waals surface area contributed by atoms with Gasteiger partial charge in [0.05, 0.1) is 6.61 Å². The molecule has 0 amide bonds. The highest BCUT2D eigenvalue weighted by Crippen LogP contribution is 2.14. The van der Waals surface area contributed by atoms with Crippen LogP contribution < -0.4 is 10.5 Å².